The lowest BCUT2D eigenvalue weighted by molar-refractivity contribution is -0.145. The zero-order valence-electron chi connectivity index (χ0n) is 17.5. The second kappa shape index (κ2) is 7.52. The maximum Gasteiger partial charge on any atom is 0.310 e. The molecule has 0 unspecified atom stereocenters. The molecule has 31 heavy (non-hydrogen) atoms. The Morgan fingerprint density at radius 1 is 1.06 bits per heavy atom. The summed E-state index contributed by atoms with van der Waals surface area (Å²) in [5.74, 6) is -0.0420. The van der Waals surface area contributed by atoms with Gasteiger partial charge in [-0.1, -0.05) is 29.8 Å². The number of benzene rings is 2. The summed E-state index contributed by atoms with van der Waals surface area (Å²) in [6, 6.07) is 14.4. The largest absolute Gasteiger partial charge is 0.483 e. The second-order valence-corrected chi connectivity index (χ2v) is 8.93. The molecule has 6 nitrogen and oxygen atoms in total. The molecule has 1 N–H and O–H groups in total. The van der Waals surface area contributed by atoms with Gasteiger partial charge in [0.25, 0.3) is 0 Å². The number of amides is 1. The predicted molar refractivity (Wildman–Crippen MR) is 114 cm³/mol. The van der Waals surface area contributed by atoms with Crippen molar-refractivity contribution in [2.45, 2.75) is 38.9 Å². The number of ether oxygens (including phenoxy) is 2. The average Bonchev–Trinajstić information content (AvgIpc) is 3.38. The maximum atomic E-state index is 12.9. The van der Waals surface area contributed by atoms with Crippen molar-refractivity contribution in [3.8, 4) is 5.75 Å². The Balaban J connectivity index is 1.20. The number of carbonyl (C=O) groups excluding carboxylic acids is 3. The number of aryl methyl sites for hydroxylation is 1. The maximum absolute atomic E-state index is 12.9. The molecule has 2 bridgehead atoms. The van der Waals surface area contributed by atoms with Crippen LogP contribution in [-0.2, 0) is 14.3 Å². The Bertz CT molecular complexity index is 1030. The van der Waals surface area contributed by atoms with Crippen molar-refractivity contribution in [3.63, 3.8) is 0 Å². The van der Waals surface area contributed by atoms with Crippen molar-refractivity contribution >= 4 is 23.3 Å². The third-order valence-electron chi connectivity index (χ3n) is 6.93. The van der Waals surface area contributed by atoms with Gasteiger partial charge in [0.2, 0.25) is 11.7 Å². The first-order valence-electron chi connectivity index (χ1n) is 10.8. The van der Waals surface area contributed by atoms with Gasteiger partial charge in [0.05, 0.1) is 11.8 Å². The van der Waals surface area contributed by atoms with E-state index in [9.17, 15) is 14.4 Å². The number of rotatable bonds is 6. The van der Waals surface area contributed by atoms with Crippen molar-refractivity contribution in [2.24, 2.45) is 23.7 Å². The summed E-state index contributed by atoms with van der Waals surface area (Å²) in [4.78, 5) is 37.6. The van der Waals surface area contributed by atoms with Crippen molar-refractivity contribution < 1.29 is 23.9 Å². The van der Waals surface area contributed by atoms with Crippen LogP contribution in [0, 0.1) is 30.6 Å². The molecule has 0 spiro atoms. The molecule has 5 rings (SSSR count). The normalized spacial score (nSPS) is 28.8. The highest BCUT2D eigenvalue weighted by molar-refractivity contribution is 5.99. The van der Waals surface area contributed by atoms with E-state index in [1.54, 1.807) is 43.3 Å². The fraction of sp³-hybridized carbons (Fsp3) is 0.400. The van der Waals surface area contributed by atoms with Crippen LogP contribution in [0.1, 0.15) is 35.7 Å². The summed E-state index contributed by atoms with van der Waals surface area (Å²) in [5.41, 5.74) is 2.35. The van der Waals surface area contributed by atoms with E-state index in [-0.39, 0.29) is 47.4 Å². The number of hydrogen-bond donors (Lipinski definition) is 1. The molecule has 6 atom stereocenters. The Morgan fingerprint density at radius 2 is 1.77 bits per heavy atom. The molecule has 6 heteroatoms. The standard InChI is InChI=1S/C25H25NO5/c1-13-3-5-15(6-4-13)23(27)14(2)30-18-9-7-17(8-10-18)26-24(28)21-16-11-19-20(12-16)31-25(29)22(19)21/h3-10,14,16,19-22H,11-12H2,1-2H3,(H,26,28)/t14-,16+,19-,20+,21-,22+/m1/s1. The van der Waals surface area contributed by atoms with Crippen LogP contribution in [0.4, 0.5) is 5.69 Å². The number of ketones is 1. The first-order valence-corrected chi connectivity index (χ1v) is 10.8. The van der Waals surface area contributed by atoms with E-state index in [1.807, 2.05) is 19.1 Å². The van der Waals surface area contributed by atoms with E-state index in [2.05, 4.69) is 5.32 Å². The van der Waals surface area contributed by atoms with Crippen LogP contribution in [0.5, 0.6) is 5.75 Å². The van der Waals surface area contributed by atoms with E-state index in [4.69, 9.17) is 9.47 Å². The minimum atomic E-state index is -0.626. The molecular weight excluding hydrogens is 394 g/mol. The molecule has 2 saturated carbocycles. The third kappa shape index (κ3) is 3.50. The highest BCUT2D eigenvalue weighted by Crippen LogP contribution is 2.57. The molecule has 1 saturated heterocycles. The van der Waals surface area contributed by atoms with Crippen molar-refractivity contribution in [1.29, 1.82) is 0 Å². The lowest BCUT2D eigenvalue weighted by Gasteiger charge is -2.23. The molecule has 3 aliphatic rings. The zero-order valence-corrected chi connectivity index (χ0v) is 17.5. The van der Waals surface area contributed by atoms with Crippen LogP contribution in [-0.4, -0.2) is 29.9 Å². The lowest BCUT2D eigenvalue weighted by Crippen LogP contribution is -2.35. The van der Waals surface area contributed by atoms with E-state index >= 15 is 0 Å². The third-order valence-corrected chi connectivity index (χ3v) is 6.93. The van der Waals surface area contributed by atoms with Crippen LogP contribution in [0.25, 0.3) is 0 Å². The zero-order chi connectivity index (χ0) is 21.7. The molecule has 1 heterocycles. The Morgan fingerprint density at radius 3 is 2.48 bits per heavy atom. The Kier molecular flexibility index (Phi) is 4.80. The fourth-order valence-corrected chi connectivity index (χ4v) is 5.42. The summed E-state index contributed by atoms with van der Waals surface area (Å²) < 4.78 is 11.2. The van der Waals surface area contributed by atoms with Gasteiger partial charge in [-0.25, -0.2) is 0 Å². The number of fused-ring (bicyclic) bond motifs is 1. The van der Waals surface area contributed by atoms with Gasteiger partial charge in [-0.05, 0) is 56.9 Å². The smallest absolute Gasteiger partial charge is 0.310 e. The van der Waals surface area contributed by atoms with Gasteiger partial charge in [-0.3, -0.25) is 14.4 Å². The molecule has 3 fully saturated rings. The minimum absolute atomic E-state index is 0.0209. The van der Waals surface area contributed by atoms with Crippen LogP contribution >= 0.6 is 0 Å². The van der Waals surface area contributed by atoms with Gasteiger partial charge in [-0.15, -0.1) is 0 Å². The summed E-state index contributed by atoms with van der Waals surface area (Å²) in [5, 5.41) is 2.94. The fourth-order valence-electron chi connectivity index (χ4n) is 5.42. The number of anilines is 1. The topological polar surface area (TPSA) is 81.7 Å². The highest BCUT2D eigenvalue weighted by atomic mass is 16.6. The Hall–Kier alpha value is -3.15. The summed E-state index contributed by atoms with van der Waals surface area (Å²) >= 11 is 0. The molecule has 0 radical (unpaired) electrons. The van der Waals surface area contributed by atoms with Gasteiger partial charge in [0, 0.05) is 17.2 Å². The molecule has 1 aliphatic heterocycles. The van der Waals surface area contributed by atoms with Crippen LogP contribution in [0.2, 0.25) is 0 Å². The molecule has 160 valence electrons. The quantitative estimate of drug-likeness (QED) is 0.569. The molecule has 2 aromatic carbocycles. The number of esters is 1. The van der Waals surface area contributed by atoms with Crippen molar-refractivity contribution in [1.82, 2.24) is 0 Å². The lowest BCUT2D eigenvalue weighted by atomic mass is 9.79. The van der Waals surface area contributed by atoms with E-state index in [0.29, 0.717) is 17.0 Å². The number of hydrogen-bond acceptors (Lipinski definition) is 5. The summed E-state index contributed by atoms with van der Waals surface area (Å²) in [6.07, 6.45) is 1.09. The monoisotopic (exact) mass is 419 g/mol. The first kappa shape index (κ1) is 19.8. The molecular formula is C25H25NO5. The SMILES string of the molecule is Cc1ccc(C(=O)[C@@H](C)Oc2ccc(NC(=O)[C@@H]3[C@H]4C[C@H]5[C@@H]3C(=O)O[C@H]5C4)cc2)cc1. The van der Waals surface area contributed by atoms with E-state index in [0.717, 1.165) is 18.4 Å². The molecule has 2 aromatic rings. The van der Waals surface area contributed by atoms with Crippen LogP contribution in [0.3, 0.4) is 0 Å². The van der Waals surface area contributed by atoms with E-state index < -0.39 is 6.10 Å². The minimum Gasteiger partial charge on any atom is -0.483 e. The molecule has 2 aliphatic carbocycles. The van der Waals surface area contributed by atoms with Crippen LogP contribution in [0.15, 0.2) is 48.5 Å². The predicted octanol–water partition coefficient (Wildman–Crippen LogP) is 3.78. The summed E-state index contributed by atoms with van der Waals surface area (Å²) in [7, 11) is 0. The number of Topliss-reactive ketones (excluding diaryl/α,β-unsaturated/α-hetero) is 1. The second-order valence-electron chi connectivity index (χ2n) is 8.93. The average molecular weight is 419 g/mol. The van der Waals surface area contributed by atoms with Crippen LogP contribution < -0.4 is 10.1 Å². The van der Waals surface area contributed by atoms with Gasteiger partial charge in [-0.2, -0.15) is 0 Å². The number of nitrogens with one attached hydrogen (secondary N) is 1. The van der Waals surface area contributed by atoms with Crippen molar-refractivity contribution in [3.05, 3.63) is 59.7 Å². The Labute approximate surface area is 180 Å². The molecule has 0 aromatic heterocycles. The van der Waals surface area contributed by atoms with Crippen molar-refractivity contribution in [2.75, 3.05) is 5.32 Å². The first-order chi connectivity index (χ1) is 14.9. The summed E-state index contributed by atoms with van der Waals surface area (Å²) in [6.45, 7) is 3.70. The van der Waals surface area contributed by atoms with Gasteiger partial charge in [0.15, 0.2) is 6.10 Å². The van der Waals surface area contributed by atoms with Gasteiger partial charge >= 0.3 is 5.97 Å². The molecule has 1 amide bonds. The number of carbonyl (C=O) groups is 3. The van der Waals surface area contributed by atoms with Gasteiger partial charge < -0.3 is 14.8 Å². The highest BCUT2D eigenvalue weighted by Gasteiger charge is 2.63. The van der Waals surface area contributed by atoms with E-state index in [1.165, 1.54) is 0 Å². The van der Waals surface area contributed by atoms with Gasteiger partial charge in [0.1, 0.15) is 11.9 Å².